The lowest BCUT2D eigenvalue weighted by molar-refractivity contribution is -0.122. The van der Waals surface area contributed by atoms with E-state index < -0.39 is 0 Å². The first kappa shape index (κ1) is 16.3. The van der Waals surface area contributed by atoms with Gasteiger partial charge in [-0.25, -0.2) is 4.98 Å². The highest BCUT2D eigenvalue weighted by atomic mass is 16.2. The second-order valence-electron chi connectivity index (χ2n) is 7.12. The standard InChI is InChI=1S/C18H26N6O/c1-2-13-11-17(24-16(20-13)5-8-19-24)21-15-6-9-23(10-7-15)12-18(25)22-14-3-4-14/h5,8,11,14-15,21H,2-4,6-7,9-10,12H2,1H3,(H,22,25). The summed E-state index contributed by atoms with van der Waals surface area (Å²) in [5, 5.41) is 11.1. The van der Waals surface area contributed by atoms with E-state index >= 15 is 0 Å². The van der Waals surface area contributed by atoms with Crippen molar-refractivity contribution in [2.45, 2.75) is 51.1 Å². The van der Waals surface area contributed by atoms with Crippen LogP contribution in [0.1, 0.15) is 38.3 Å². The van der Waals surface area contributed by atoms with Crippen molar-refractivity contribution >= 4 is 17.4 Å². The molecule has 0 bridgehead atoms. The number of amides is 1. The smallest absolute Gasteiger partial charge is 0.234 e. The molecule has 2 aromatic heterocycles. The van der Waals surface area contributed by atoms with E-state index in [9.17, 15) is 4.79 Å². The predicted molar refractivity (Wildman–Crippen MR) is 96.6 cm³/mol. The number of likely N-dealkylation sites (tertiary alicyclic amines) is 1. The highest BCUT2D eigenvalue weighted by Gasteiger charge is 2.26. The topological polar surface area (TPSA) is 74.6 Å². The van der Waals surface area contributed by atoms with Gasteiger partial charge in [-0.05, 0) is 32.1 Å². The third-order valence-corrected chi connectivity index (χ3v) is 5.02. The lowest BCUT2D eigenvalue weighted by atomic mass is 10.0. The van der Waals surface area contributed by atoms with E-state index in [4.69, 9.17) is 0 Å². The van der Waals surface area contributed by atoms with Gasteiger partial charge in [0.25, 0.3) is 0 Å². The molecule has 1 aliphatic heterocycles. The number of nitrogens with zero attached hydrogens (tertiary/aromatic N) is 4. The summed E-state index contributed by atoms with van der Waals surface area (Å²) in [5.74, 6) is 1.19. The lowest BCUT2D eigenvalue weighted by Gasteiger charge is -2.32. The number of rotatable bonds is 6. The van der Waals surface area contributed by atoms with Crippen LogP contribution in [0.15, 0.2) is 18.3 Å². The Kier molecular flexibility index (Phi) is 4.57. The molecule has 1 saturated carbocycles. The fourth-order valence-electron chi connectivity index (χ4n) is 3.40. The van der Waals surface area contributed by atoms with E-state index in [0.29, 0.717) is 18.6 Å². The van der Waals surface area contributed by atoms with Crippen LogP contribution in [-0.4, -0.2) is 57.1 Å². The maximum absolute atomic E-state index is 11.9. The van der Waals surface area contributed by atoms with Gasteiger partial charge in [0.05, 0.1) is 12.7 Å². The van der Waals surface area contributed by atoms with Gasteiger partial charge >= 0.3 is 0 Å². The number of piperidine rings is 1. The van der Waals surface area contributed by atoms with Gasteiger partial charge in [-0.1, -0.05) is 6.92 Å². The highest BCUT2D eigenvalue weighted by molar-refractivity contribution is 5.78. The maximum Gasteiger partial charge on any atom is 0.234 e. The molecule has 134 valence electrons. The minimum atomic E-state index is 0.175. The summed E-state index contributed by atoms with van der Waals surface area (Å²) in [6.45, 7) is 4.54. The Hall–Kier alpha value is -2.15. The van der Waals surface area contributed by atoms with Crippen LogP contribution >= 0.6 is 0 Å². The van der Waals surface area contributed by atoms with Crippen molar-refractivity contribution in [1.82, 2.24) is 24.8 Å². The van der Waals surface area contributed by atoms with E-state index in [0.717, 1.165) is 62.4 Å². The molecule has 1 aliphatic carbocycles. The molecule has 4 rings (SSSR count). The van der Waals surface area contributed by atoms with Crippen LogP contribution in [0.25, 0.3) is 5.65 Å². The number of fused-ring (bicyclic) bond motifs is 1. The van der Waals surface area contributed by atoms with E-state index in [2.05, 4.69) is 38.6 Å². The van der Waals surface area contributed by atoms with Crippen LogP contribution < -0.4 is 10.6 Å². The van der Waals surface area contributed by atoms with Gasteiger partial charge in [0.15, 0.2) is 5.65 Å². The van der Waals surface area contributed by atoms with Crippen molar-refractivity contribution in [2.75, 3.05) is 25.0 Å². The Bertz CT molecular complexity index is 745. The normalized spacial score (nSPS) is 19.2. The monoisotopic (exact) mass is 342 g/mol. The van der Waals surface area contributed by atoms with Crippen LogP contribution in [-0.2, 0) is 11.2 Å². The molecule has 2 aliphatic rings. The molecule has 2 fully saturated rings. The minimum Gasteiger partial charge on any atom is -0.367 e. The average Bonchev–Trinajstić information content (AvgIpc) is 3.29. The van der Waals surface area contributed by atoms with Gasteiger partial charge in [0, 0.05) is 43.0 Å². The largest absolute Gasteiger partial charge is 0.367 e. The number of carbonyl (C=O) groups is 1. The van der Waals surface area contributed by atoms with Crippen LogP contribution in [0.2, 0.25) is 0 Å². The number of aryl methyl sites for hydroxylation is 1. The van der Waals surface area contributed by atoms with Gasteiger partial charge in [-0.2, -0.15) is 9.61 Å². The van der Waals surface area contributed by atoms with Crippen LogP contribution in [0.5, 0.6) is 0 Å². The Balaban J connectivity index is 1.34. The average molecular weight is 342 g/mol. The number of hydrogen-bond donors (Lipinski definition) is 2. The van der Waals surface area contributed by atoms with Crippen molar-refractivity contribution in [1.29, 1.82) is 0 Å². The molecule has 1 saturated heterocycles. The molecule has 7 nitrogen and oxygen atoms in total. The van der Waals surface area contributed by atoms with Crippen LogP contribution in [0.3, 0.4) is 0 Å². The zero-order valence-electron chi connectivity index (χ0n) is 14.7. The zero-order valence-corrected chi connectivity index (χ0v) is 14.7. The van der Waals surface area contributed by atoms with Crippen molar-refractivity contribution in [3.63, 3.8) is 0 Å². The Morgan fingerprint density at radius 3 is 2.76 bits per heavy atom. The van der Waals surface area contributed by atoms with Crippen molar-refractivity contribution < 1.29 is 4.79 Å². The minimum absolute atomic E-state index is 0.175. The first-order chi connectivity index (χ1) is 12.2. The van der Waals surface area contributed by atoms with Gasteiger partial charge in [-0.15, -0.1) is 0 Å². The van der Waals surface area contributed by atoms with Crippen molar-refractivity contribution in [3.05, 3.63) is 24.0 Å². The Labute approximate surface area is 147 Å². The van der Waals surface area contributed by atoms with Crippen molar-refractivity contribution in [2.24, 2.45) is 0 Å². The first-order valence-corrected chi connectivity index (χ1v) is 9.33. The summed E-state index contributed by atoms with van der Waals surface area (Å²) in [6, 6.07) is 4.88. The zero-order chi connectivity index (χ0) is 17.2. The molecule has 2 aromatic rings. The summed E-state index contributed by atoms with van der Waals surface area (Å²) >= 11 is 0. The van der Waals surface area contributed by atoms with Gasteiger partial charge in [0.1, 0.15) is 5.82 Å². The molecule has 1 amide bonds. The Morgan fingerprint density at radius 1 is 1.24 bits per heavy atom. The van der Waals surface area contributed by atoms with E-state index in [1.165, 1.54) is 0 Å². The van der Waals surface area contributed by atoms with Gasteiger partial charge in [0.2, 0.25) is 5.91 Å². The summed E-state index contributed by atoms with van der Waals surface area (Å²) in [7, 11) is 0. The van der Waals surface area contributed by atoms with Gasteiger partial charge < -0.3 is 10.6 Å². The Morgan fingerprint density at radius 2 is 2.04 bits per heavy atom. The molecule has 0 aromatic carbocycles. The van der Waals surface area contributed by atoms with E-state index in [1.54, 1.807) is 6.20 Å². The summed E-state index contributed by atoms with van der Waals surface area (Å²) in [5.41, 5.74) is 1.96. The lowest BCUT2D eigenvalue weighted by Crippen LogP contribution is -2.44. The summed E-state index contributed by atoms with van der Waals surface area (Å²) in [4.78, 5) is 18.8. The fraction of sp³-hybridized carbons (Fsp3) is 0.611. The molecule has 7 heteroatoms. The fourth-order valence-corrected chi connectivity index (χ4v) is 3.40. The number of carbonyl (C=O) groups excluding carboxylic acids is 1. The van der Waals surface area contributed by atoms with Crippen LogP contribution in [0.4, 0.5) is 5.82 Å². The summed E-state index contributed by atoms with van der Waals surface area (Å²) < 4.78 is 1.87. The quantitative estimate of drug-likeness (QED) is 0.831. The molecule has 0 spiro atoms. The molecule has 0 radical (unpaired) electrons. The molecule has 0 atom stereocenters. The third kappa shape index (κ3) is 3.92. The van der Waals surface area contributed by atoms with E-state index in [1.807, 2.05) is 10.6 Å². The molecule has 2 N–H and O–H groups in total. The number of anilines is 1. The number of hydrogen-bond acceptors (Lipinski definition) is 5. The second-order valence-corrected chi connectivity index (χ2v) is 7.12. The number of nitrogens with one attached hydrogen (secondary N) is 2. The molecule has 0 unspecified atom stereocenters. The van der Waals surface area contributed by atoms with Crippen molar-refractivity contribution in [3.8, 4) is 0 Å². The number of aromatic nitrogens is 3. The van der Waals surface area contributed by atoms with Gasteiger partial charge in [-0.3, -0.25) is 9.69 Å². The molecular weight excluding hydrogens is 316 g/mol. The molecular formula is C18H26N6O. The third-order valence-electron chi connectivity index (χ3n) is 5.02. The van der Waals surface area contributed by atoms with Crippen LogP contribution in [0, 0.1) is 0 Å². The summed E-state index contributed by atoms with van der Waals surface area (Å²) in [6.07, 6.45) is 7.04. The maximum atomic E-state index is 11.9. The first-order valence-electron chi connectivity index (χ1n) is 9.33. The molecule has 25 heavy (non-hydrogen) atoms. The second kappa shape index (κ2) is 7.00. The predicted octanol–water partition coefficient (Wildman–Crippen LogP) is 1.45. The molecule has 3 heterocycles. The van der Waals surface area contributed by atoms with E-state index in [-0.39, 0.29) is 5.91 Å². The SMILES string of the molecule is CCc1cc(NC2CCN(CC(=O)NC3CC3)CC2)n2nccc2n1. The highest BCUT2D eigenvalue weighted by Crippen LogP contribution is 2.20.